The molecule has 3 aromatic carbocycles. The Hall–Kier alpha value is -3.13. The van der Waals surface area contributed by atoms with Crippen LogP contribution in [0.4, 0.5) is 13.2 Å². The summed E-state index contributed by atoms with van der Waals surface area (Å²) >= 11 is 0. The first-order valence-corrected chi connectivity index (χ1v) is 10.5. The molecular weight excluding hydrogens is 429 g/mol. The molecule has 1 atom stereocenters. The normalized spacial score (nSPS) is 12.4. The van der Waals surface area contributed by atoms with Crippen LogP contribution in [0.5, 0.6) is 5.75 Å². The molecule has 0 saturated carbocycles. The molecule has 0 spiro atoms. The monoisotopic (exact) mass is 448 g/mol. The number of carboxylic acids is 1. The van der Waals surface area contributed by atoms with Crippen LogP contribution in [-0.4, -0.2) is 22.4 Å². The number of rotatable bonds is 7. The number of alkyl halides is 3. The van der Waals surface area contributed by atoms with Gasteiger partial charge in [-0.1, -0.05) is 30.3 Å². The van der Waals surface area contributed by atoms with Crippen molar-refractivity contribution in [3.63, 3.8) is 0 Å². The summed E-state index contributed by atoms with van der Waals surface area (Å²) in [6, 6.07) is 16.5. The van der Waals surface area contributed by atoms with Crippen LogP contribution in [0.15, 0.2) is 71.6 Å². The molecule has 0 heterocycles. The maximum atomic E-state index is 13.3. The van der Waals surface area contributed by atoms with Crippen LogP contribution in [0, 0.1) is 0 Å². The van der Waals surface area contributed by atoms with Crippen molar-refractivity contribution in [2.45, 2.75) is 23.2 Å². The molecule has 0 aliphatic carbocycles. The number of benzene rings is 3. The van der Waals surface area contributed by atoms with E-state index in [0.717, 1.165) is 12.1 Å². The van der Waals surface area contributed by atoms with E-state index in [4.69, 9.17) is 9.84 Å². The minimum atomic E-state index is -4.56. The van der Waals surface area contributed by atoms with Crippen molar-refractivity contribution in [1.82, 2.24) is 0 Å². The number of methoxy groups -OCH3 is 1. The third kappa shape index (κ3) is 5.52. The molecule has 3 rings (SSSR count). The van der Waals surface area contributed by atoms with E-state index in [1.165, 1.54) is 13.2 Å². The average molecular weight is 448 g/mol. The quantitative estimate of drug-likeness (QED) is 0.532. The van der Waals surface area contributed by atoms with Gasteiger partial charge in [0.25, 0.3) is 0 Å². The summed E-state index contributed by atoms with van der Waals surface area (Å²) in [6.07, 6.45) is -4.81. The maximum Gasteiger partial charge on any atom is 0.416 e. The number of hydrogen-bond donors (Lipinski definition) is 1. The standard InChI is InChI=1S/C23H19F3O4S/c1-30-21-10-7-15(12-22(27)28)11-20(21)19-9-8-17(23(24,25)26)13-16(19)14-31(29)18-5-3-2-4-6-18/h2-11,13H,12,14H2,1H3,(H,27,28). The van der Waals surface area contributed by atoms with E-state index in [1.807, 2.05) is 0 Å². The van der Waals surface area contributed by atoms with Crippen LogP contribution in [0.2, 0.25) is 0 Å². The molecule has 1 unspecified atom stereocenters. The van der Waals surface area contributed by atoms with Gasteiger partial charge < -0.3 is 9.84 Å². The van der Waals surface area contributed by atoms with Gasteiger partial charge in [0, 0.05) is 10.5 Å². The van der Waals surface area contributed by atoms with Crippen molar-refractivity contribution in [3.8, 4) is 16.9 Å². The Bertz CT molecular complexity index is 1110. The van der Waals surface area contributed by atoms with Crippen LogP contribution in [0.25, 0.3) is 11.1 Å². The fourth-order valence-electron chi connectivity index (χ4n) is 3.20. The first kappa shape index (κ1) is 22.6. The van der Waals surface area contributed by atoms with Gasteiger partial charge in [0.1, 0.15) is 5.75 Å². The fourth-order valence-corrected chi connectivity index (χ4v) is 4.35. The second kappa shape index (κ2) is 9.34. The summed E-state index contributed by atoms with van der Waals surface area (Å²) in [5.41, 5.74) is 0.689. The fraction of sp³-hybridized carbons (Fsp3) is 0.174. The molecule has 0 aromatic heterocycles. The Morgan fingerprint density at radius 1 is 1.00 bits per heavy atom. The van der Waals surface area contributed by atoms with Crippen LogP contribution >= 0.6 is 0 Å². The molecule has 0 aliphatic rings. The molecule has 162 valence electrons. The molecule has 0 fully saturated rings. The second-order valence-electron chi connectivity index (χ2n) is 6.78. The van der Waals surface area contributed by atoms with Crippen molar-refractivity contribution in [2.24, 2.45) is 0 Å². The van der Waals surface area contributed by atoms with Crippen molar-refractivity contribution in [3.05, 3.63) is 83.4 Å². The van der Waals surface area contributed by atoms with Gasteiger partial charge in [0.15, 0.2) is 0 Å². The summed E-state index contributed by atoms with van der Waals surface area (Å²) in [4.78, 5) is 11.6. The summed E-state index contributed by atoms with van der Waals surface area (Å²) in [6.45, 7) is 0. The summed E-state index contributed by atoms with van der Waals surface area (Å²) < 4.78 is 58.3. The van der Waals surface area contributed by atoms with Crippen LogP contribution < -0.4 is 4.74 Å². The number of aliphatic carboxylic acids is 1. The Morgan fingerprint density at radius 2 is 1.71 bits per heavy atom. The molecule has 0 saturated heterocycles. The molecule has 31 heavy (non-hydrogen) atoms. The molecule has 0 radical (unpaired) electrons. The lowest BCUT2D eigenvalue weighted by molar-refractivity contribution is -0.138. The predicted octanol–water partition coefficient (Wildman–Crippen LogP) is 5.32. The van der Waals surface area contributed by atoms with Crippen molar-refractivity contribution in [1.29, 1.82) is 0 Å². The van der Waals surface area contributed by atoms with E-state index in [2.05, 4.69) is 0 Å². The molecular formula is C23H19F3O4S. The highest BCUT2D eigenvalue weighted by atomic mass is 32.2. The summed E-state index contributed by atoms with van der Waals surface area (Å²) in [7, 11) is -0.161. The second-order valence-corrected chi connectivity index (χ2v) is 8.23. The van der Waals surface area contributed by atoms with Gasteiger partial charge in [-0.2, -0.15) is 13.2 Å². The van der Waals surface area contributed by atoms with Gasteiger partial charge >= 0.3 is 12.1 Å². The Labute approximate surface area is 179 Å². The van der Waals surface area contributed by atoms with Crippen molar-refractivity contribution >= 4 is 16.8 Å². The van der Waals surface area contributed by atoms with Crippen LogP contribution in [0.3, 0.4) is 0 Å². The van der Waals surface area contributed by atoms with Gasteiger partial charge in [-0.25, -0.2) is 0 Å². The number of hydrogen-bond acceptors (Lipinski definition) is 3. The largest absolute Gasteiger partial charge is 0.496 e. The molecule has 0 bridgehead atoms. The number of carboxylic acid groups (broad SMARTS) is 1. The first-order valence-electron chi connectivity index (χ1n) is 9.21. The lowest BCUT2D eigenvalue weighted by Crippen LogP contribution is -2.08. The molecule has 3 aromatic rings. The van der Waals surface area contributed by atoms with Crippen molar-refractivity contribution < 1.29 is 32.0 Å². The zero-order valence-corrected chi connectivity index (χ0v) is 17.3. The third-order valence-corrected chi connectivity index (χ3v) is 6.01. The van der Waals surface area contributed by atoms with E-state index in [9.17, 15) is 22.2 Å². The summed E-state index contributed by atoms with van der Waals surface area (Å²) in [5.74, 6) is -0.801. The predicted molar refractivity (Wildman–Crippen MR) is 111 cm³/mol. The van der Waals surface area contributed by atoms with E-state index in [1.54, 1.807) is 48.5 Å². The maximum absolute atomic E-state index is 13.3. The zero-order chi connectivity index (χ0) is 22.6. The van der Waals surface area contributed by atoms with Gasteiger partial charge in [0.2, 0.25) is 0 Å². The molecule has 1 N–H and O–H groups in total. The lowest BCUT2D eigenvalue weighted by atomic mass is 9.95. The minimum absolute atomic E-state index is 0.143. The molecule has 0 aliphatic heterocycles. The van der Waals surface area contributed by atoms with Gasteiger partial charge in [-0.3, -0.25) is 9.00 Å². The smallest absolute Gasteiger partial charge is 0.416 e. The first-order chi connectivity index (χ1) is 14.7. The minimum Gasteiger partial charge on any atom is -0.496 e. The van der Waals surface area contributed by atoms with E-state index in [-0.39, 0.29) is 17.7 Å². The summed E-state index contributed by atoms with van der Waals surface area (Å²) in [5, 5.41) is 9.08. The topological polar surface area (TPSA) is 63.6 Å². The average Bonchev–Trinajstić information content (AvgIpc) is 2.73. The van der Waals surface area contributed by atoms with Crippen molar-refractivity contribution in [2.75, 3.05) is 7.11 Å². The van der Waals surface area contributed by atoms with E-state index >= 15 is 0 Å². The van der Waals surface area contributed by atoms with Gasteiger partial charge in [-0.05, 0) is 53.1 Å². The highest BCUT2D eigenvalue weighted by molar-refractivity contribution is 7.84. The van der Waals surface area contributed by atoms with Crippen LogP contribution in [0.1, 0.15) is 16.7 Å². The SMILES string of the molecule is COc1ccc(CC(=O)O)cc1-c1ccc(C(F)(F)F)cc1CS(=O)c1ccccc1. The highest BCUT2D eigenvalue weighted by Crippen LogP contribution is 2.38. The Morgan fingerprint density at radius 3 is 2.32 bits per heavy atom. The van der Waals surface area contributed by atoms with E-state index in [0.29, 0.717) is 27.3 Å². The molecule has 4 nitrogen and oxygen atoms in total. The van der Waals surface area contributed by atoms with E-state index < -0.39 is 28.5 Å². The van der Waals surface area contributed by atoms with Crippen LogP contribution in [-0.2, 0) is 33.9 Å². The molecule has 0 amide bonds. The van der Waals surface area contributed by atoms with Gasteiger partial charge in [-0.15, -0.1) is 0 Å². The number of carbonyl (C=O) groups is 1. The third-order valence-electron chi connectivity index (χ3n) is 4.63. The Kier molecular flexibility index (Phi) is 6.80. The lowest BCUT2D eigenvalue weighted by Gasteiger charge is -2.17. The number of ether oxygens (including phenoxy) is 1. The molecule has 8 heteroatoms. The highest BCUT2D eigenvalue weighted by Gasteiger charge is 2.31. The Balaban J connectivity index is 2.13. The van der Waals surface area contributed by atoms with Gasteiger partial charge in [0.05, 0.1) is 35.6 Å². The zero-order valence-electron chi connectivity index (χ0n) is 16.5. The number of halogens is 3.